The van der Waals surface area contributed by atoms with Crippen molar-refractivity contribution in [1.82, 2.24) is 44.6 Å². The molecule has 0 spiro atoms. The molecule has 5 N–H and O–H groups in total. The van der Waals surface area contributed by atoms with Crippen molar-refractivity contribution in [3.05, 3.63) is 156 Å². The molecule has 556 valence electrons. The van der Waals surface area contributed by atoms with Gasteiger partial charge in [-0.2, -0.15) is 0 Å². The Bertz CT molecular complexity index is 3480. The van der Waals surface area contributed by atoms with Crippen molar-refractivity contribution in [2.45, 2.75) is 227 Å². The molecule has 6 aromatic rings. The van der Waals surface area contributed by atoms with Crippen LogP contribution in [0.2, 0.25) is 30.1 Å². The van der Waals surface area contributed by atoms with Crippen molar-refractivity contribution in [2.24, 2.45) is 17.8 Å². The number of rotatable bonds is 40. The van der Waals surface area contributed by atoms with E-state index in [0.29, 0.717) is 95.3 Å². The summed E-state index contributed by atoms with van der Waals surface area (Å²) in [5.41, 5.74) is 5.06. The van der Waals surface area contributed by atoms with Crippen LogP contribution in [0, 0.1) is 17.8 Å². The van der Waals surface area contributed by atoms with Crippen LogP contribution in [0.15, 0.2) is 92.2 Å². The molecule has 1 aliphatic carbocycles. The predicted molar refractivity (Wildman–Crippen MR) is 396 cm³/mol. The highest BCUT2D eigenvalue weighted by atomic mass is 35.5. The Morgan fingerprint density at radius 3 is 1.00 bits per heavy atom. The molecule has 0 bridgehead atoms. The topological polar surface area (TPSA) is 269 Å². The molecule has 0 radical (unpaired) electrons. The number of aliphatic carboxylic acids is 2. The van der Waals surface area contributed by atoms with Crippen LogP contribution < -0.4 is 16.0 Å². The first-order chi connectivity index (χ1) is 48.1. The van der Waals surface area contributed by atoms with Crippen molar-refractivity contribution >= 4 is 105 Å². The number of nitrogens with zero attached hydrogens (tertiary/aromatic N) is 6. The number of aromatic nitrogens is 6. The number of hydrogen-bond donors (Lipinski definition) is 5. The van der Waals surface area contributed by atoms with Crippen molar-refractivity contribution in [3.63, 3.8) is 0 Å². The quantitative estimate of drug-likeness (QED) is 0.0136. The molecule has 7 rings (SSSR count). The zero-order chi connectivity index (χ0) is 74.1. The van der Waals surface area contributed by atoms with E-state index in [1.54, 1.807) is 55.8 Å². The average Bonchev–Trinajstić information content (AvgIpc) is 1.73. The van der Waals surface area contributed by atoms with Crippen LogP contribution in [0.4, 0.5) is 0 Å². The van der Waals surface area contributed by atoms with Crippen molar-refractivity contribution < 1.29 is 57.9 Å². The Labute approximate surface area is 624 Å². The second kappa shape index (κ2) is 45.1. The molecule has 3 aromatic carbocycles. The molecule has 1 aliphatic rings. The van der Waals surface area contributed by atoms with Crippen LogP contribution in [-0.4, -0.2) is 137 Å². The molecule has 0 saturated heterocycles. The standard InChI is InChI=1S/C27H39Cl2N3O4.C24H31Cl2N3O4.C23H31Cl2N3O4/c1-5-7-9-35-26(33)24(11-19(3)4)31-25(27(34)36-10-8-6-2)15-23-16-30-18-32(23)17-20-12-21(28)14-22(29)13-20;1-15(2)7-21(23(30)31)28-22(24(32)33-20-5-3-4-6-20)11-19-12-27-14-29(19)13-16-8-17(25)10-18(26)9-16;1-4-5-6-32-23(31)21(27-20(22(29)30)7-15(2)3)11-19-12-26-14-28(19)13-16-8-17(24)10-18(25)9-16/h12-14,16,18-19,24-25,31H,5-11,15,17H2,1-4H3;8-10,12,14-15,20-22,28H,3-7,11,13H2,1-2H3,(H,30,31);8-10,12,14-15,20-21,27H,4-7,11,13H2,1-3H3,(H,29,30)/t24-,25-;21-,22-;20-,21-/m000/s1. The summed E-state index contributed by atoms with van der Waals surface area (Å²) < 4.78 is 27.9. The van der Waals surface area contributed by atoms with Crippen molar-refractivity contribution in [3.8, 4) is 0 Å². The Kier molecular flexibility index (Phi) is 38.1. The number of benzene rings is 3. The van der Waals surface area contributed by atoms with E-state index in [9.17, 15) is 39.0 Å². The van der Waals surface area contributed by atoms with Crippen LogP contribution in [0.3, 0.4) is 0 Å². The number of halogens is 6. The van der Waals surface area contributed by atoms with Crippen LogP contribution in [0.1, 0.15) is 180 Å². The predicted octanol–water partition coefficient (Wildman–Crippen LogP) is 15.1. The summed E-state index contributed by atoms with van der Waals surface area (Å²) in [6.07, 6.45) is 21.0. The van der Waals surface area contributed by atoms with Crippen LogP contribution in [0.5, 0.6) is 0 Å². The Hall–Kier alpha value is -6.27. The number of nitrogens with one attached hydrogen (secondary N) is 3. The van der Waals surface area contributed by atoms with Gasteiger partial charge in [0.25, 0.3) is 0 Å². The van der Waals surface area contributed by atoms with E-state index in [1.165, 1.54) is 0 Å². The van der Waals surface area contributed by atoms with Gasteiger partial charge >= 0.3 is 35.8 Å². The van der Waals surface area contributed by atoms with Gasteiger partial charge in [0.15, 0.2) is 0 Å². The maximum Gasteiger partial charge on any atom is 0.323 e. The van der Waals surface area contributed by atoms with Crippen LogP contribution in [-0.2, 0) is 86.6 Å². The largest absolute Gasteiger partial charge is 0.480 e. The fourth-order valence-electron chi connectivity index (χ4n) is 11.3. The first-order valence-electron chi connectivity index (χ1n) is 34.9. The Morgan fingerprint density at radius 1 is 0.436 bits per heavy atom. The number of unbranched alkanes of at least 4 members (excludes halogenated alkanes) is 3. The number of carbonyl (C=O) groups excluding carboxylic acids is 4. The number of carboxylic acids is 2. The van der Waals surface area contributed by atoms with Gasteiger partial charge in [0.05, 0.1) is 38.8 Å². The van der Waals surface area contributed by atoms with E-state index >= 15 is 0 Å². The first-order valence-corrected chi connectivity index (χ1v) is 37.2. The molecule has 21 nitrogen and oxygen atoms in total. The minimum Gasteiger partial charge on any atom is -0.480 e. The second-order valence-electron chi connectivity index (χ2n) is 26.8. The highest BCUT2D eigenvalue weighted by Gasteiger charge is 2.34. The molecular formula is C74H101Cl6N9O12. The molecule has 0 unspecified atom stereocenters. The van der Waals surface area contributed by atoms with E-state index in [4.69, 9.17) is 88.6 Å². The molecule has 1 fully saturated rings. The van der Waals surface area contributed by atoms with E-state index in [-0.39, 0.29) is 42.7 Å². The van der Waals surface area contributed by atoms with Crippen molar-refractivity contribution in [2.75, 3.05) is 19.8 Å². The molecule has 3 aromatic heterocycles. The number of carboxylic acid groups (broad SMARTS) is 2. The number of ether oxygens (including phenoxy) is 4. The van der Waals surface area contributed by atoms with Gasteiger partial charge in [-0.1, -0.05) is 151 Å². The second-order valence-corrected chi connectivity index (χ2v) is 29.4. The van der Waals surface area contributed by atoms with Gasteiger partial charge in [0.1, 0.15) is 42.4 Å². The molecule has 101 heavy (non-hydrogen) atoms. The normalized spacial score (nSPS) is 14.1. The lowest BCUT2D eigenvalue weighted by molar-refractivity contribution is -0.153. The summed E-state index contributed by atoms with van der Waals surface area (Å²) >= 11 is 36.8. The smallest absolute Gasteiger partial charge is 0.323 e. The number of imidazole rings is 3. The van der Waals surface area contributed by atoms with Gasteiger partial charge in [0.2, 0.25) is 0 Å². The molecular weight excluding hydrogens is 1420 g/mol. The lowest BCUT2D eigenvalue weighted by Gasteiger charge is -2.25. The maximum absolute atomic E-state index is 13.1. The highest BCUT2D eigenvalue weighted by molar-refractivity contribution is 6.35. The zero-order valence-electron chi connectivity index (χ0n) is 59.4. The summed E-state index contributed by atoms with van der Waals surface area (Å²) in [4.78, 5) is 88.2. The Morgan fingerprint density at radius 2 is 0.713 bits per heavy atom. The van der Waals surface area contributed by atoms with Crippen LogP contribution in [0.25, 0.3) is 0 Å². The minimum absolute atomic E-state index is 0.103. The summed E-state index contributed by atoms with van der Waals surface area (Å²) in [6, 6.07) is 11.3. The third-order valence-corrected chi connectivity index (χ3v) is 17.6. The lowest BCUT2D eigenvalue weighted by Crippen LogP contribution is -2.50. The van der Waals surface area contributed by atoms with Gasteiger partial charge in [-0.3, -0.25) is 44.7 Å². The Balaban J connectivity index is 0.000000273. The van der Waals surface area contributed by atoms with Gasteiger partial charge in [-0.25, -0.2) is 15.0 Å². The number of carbonyl (C=O) groups is 6. The number of hydrogen-bond acceptors (Lipinski definition) is 16. The molecule has 1 saturated carbocycles. The lowest BCUT2D eigenvalue weighted by atomic mass is 10.0. The van der Waals surface area contributed by atoms with Gasteiger partial charge in [0, 0.05) is 105 Å². The molecule has 27 heteroatoms. The average molecular weight is 1520 g/mol. The molecule has 0 aliphatic heterocycles. The number of esters is 4. The summed E-state index contributed by atoms with van der Waals surface area (Å²) in [5.74, 6) is -3.06. The third-order valence-electron chi connectivity index (χ3n) is 16.3. The molecule has 6 atom stereocenters. The van der Waals surface area contributed by atoms with Crippen LogP contribution >= 0.6 is 69.6 Å². The minimum atomic E-state index is -0.993. The first kappa shape index (κ1) is 85.4. The summed E-state index contributed by atoms with van der Waals surface area (Å²) in [7, 11) is 0. The van der Waals surface area contributed by atoms with E-state index in [1.807, 2.05) is 112 Å². The highest BCUT2D eigenvalue weighted by Crippen LogP contribution is 2.26. The van der Waals surface area contributed by atoms with Gasteiger partial charge in [-0.05, 0) is 153 Å². The molecule has 0 amide bonds. The van der Waals surface area contributed by atoms with Gasteiger partial charge in [-0.15, -0.1) is 0 Å². The maximum atomic E-state index is 13.1. The zero-order valence-corrected chi connectivity index (χ0v) is 64.0. The van der Waals surface area contributed by atoms with E-state index < -0.39 is 66.1 Å². The van der Waals surface area contributed by atoms with Gasteiger partial charge < -0.3 is 42.9 Å². The molecule has 3 heterocycles. The van der Waals surface area contributed by atoms with E-state index in [2.05, 4.69) is 30.9 Å². The summed E-state index contributed by atoms with van der Waals surface area (Å²) in [6.45, 7) is 20.4. The van der Waals surface area contributed by atoms with Crippen molar-refractivity contribution in [1.29, 1.82) is 0 Å². The monoisotopic (exact) mass is 1520 g/mol. The fourth-order valence-corrected chi connectivity index (χ4v) is 13.0. The third kappa shape index (κ3) is 31.7. The summed E-state index contributed by atoms with van der Waals surface area (Å²) in [5, 5.41) is 31.9. The SMILES string of the molecule is CC(C)C[C@H](N[C@@H](Cc1cncn1Cc1cc(Cl)cc(Cl)c1)C(=O)OC1CCCC1)C(=O)O.CCCCOC(=O)[C@H](Cc1cncn1Cc1cc(Cl)cc(Cl)c1)N[C@@H](CC(C)C)C(=O)O.CCCCOC(=O)[C@H](Cc1cncn1Cc1cc(Cl)cc(Cl)c1)N[C@@H](CC(C)C)C(=O)OCCCC. The van der Waals surface area contributed by atoms with E-state index in [0.717, 1.165) is 98.0 Å². The fraction of sp³-hybridized carbons (Fsp3) is 0.554.